The van der Waals surface area contributed by atoms with Crippen molar-refractivity contribution in [2.24, 2.45) is 0 Å². The molecule has 0 atom stereocenters. The highest BCUT2D eigenvalue weighted by molar-refractivity contribution is 5.97. The lowest BCUT2D eigenvalue weighted by atomic mass is 10.1. The third-order valence-corrected chi connectivity index (χ3v) is 3.72. The van der Waals surface area contributed by atoms with Gasteiger partial charge in [0.05, 0.1) is 0 Å². The molecule has 0 unspecified atom stereocenters. The highest BCUT2D eigenvalue weighted by Gasteiger charge is 2.03. The highest BCUT2D eigenvalue weighted by atomic mass is 28.2. The monoisotopic (exact) mass is 276 g/mol. The minimum atomic E-state index is -0.00570. The molecule has 0 radical (unpaired) electrons. The molecule has 0 amide bonds. The summed E-state index contributed by atoms with van der Waals surface area (Å²) in [5.74, 6) is 0. The zero-order valence-electron chi connectivity index (χ0n) is 12.6. The first-order valence-electron chi connectivity index (χ1n) is 7.39. The normalized spacial score (nSPS) is 11.5. The lowest BCUT2D eigenvalue weighted by Crippen LogP contribution is -2.12. The van der Waals surface area contributed by atoms with E-state index in [2.05, 4.69) is 0 Å². The SMILES string of the molecule is COC(CCCCCCCCCCCO[SiH3])OC. The molecule has 0 aromatic carbocycles. The second kappa shape index (κ2) is 15.2. The summed E-state index contributed by atoms with van der Waals surface area (Å²) in [5.41, 5.74) is 0. The van der Waals surface area contributed by atoms with Gasteiger partial charge in [-0.25, -0.2) is 0 Å². The van der Waals surface area contributed by atoms with Crippen LogP contribution in [-0.4, -0.2) is 37.6 Å². The van der Waals surface area contributed by atoms with E-state index in [1.54, 1.807) is 14.2 Å². The Morgan fingerprint density at radius 3 is 1.61 bits per heavy atom. The molecule has 0 aromatic rings. The Balaban J connectivity index is 3.03. The molecule has 3 nitrogen and oxygen atoms in total. The number of ether oxygens (including phenoxy) is 2. The standard InChI is InChI=1S/C14H32O3Si/c1-15-14(16-2)12-10-8-6-4-3-5-7-9-11-13-17-18/h14H,3-13H2,1-2,18H3. The Kier molecular flexibility index (Phi) is 15.2. The van der Waals surface area contributed by atoms with Crippen molar-refractivity contribution in [3.63, 3.8) is 0 Å². The topological polar surface area (TPSA) is 27.7 Å². The molecule has 0 bridgehead atoms. The molecule has 0 saturated heterocycles. The van der Waals surface area contributed by atoms with E-state index in [1.165, 1.54) is 57.8 Å². The predicted octanol–water partition coefficient (Wildman–Crippen LogP) is 2.80. The Morgan fingerprint density at radius 2 is 1.17 bits per heavy atom. The van der Waals surface area contributed by atoms with Gasteiger partial charge in [0.15, 0.2) is 6.29 Å². The molecule has 0 aliphatic carbocycles. The Hall–Kier alpha value is 0.0969. The smallest absolute Gasteiger partial charge is 0.156 e. The van der Waals surface area contributed by atoms with Crippen LogP contribution in [0, 0.1) is 0 Å². The van der Waals surface area contributed by atoms with Gasteiger partial charge in [-0.3, -0.25) is 0 Å². The summed E-state index contributed by atoms with van der Waals surface area (Å²) in [4.78, 5) is 0. The molecular weight excluding hydrogens is 244 g/mol. The highest BCUT2D eigenvalue weighted by Crippen LogP contribution is 2.12. The molecule has 0 rings (SSSR count). The lowest BCUT2D eigenvalue weighted by molar-refractivity contribution is -0.107. The number of hydrogen-bond acceptors (Lipinski definition) is 3. The fraction of sp³-hybridized carbons (Fsp3) is 1.00. The Morgan fingerprint density at radius 1 is 0.722 bits per heavy atom. The van der Waals surface area contributed by atoms with Crippen LogP contribution >= 0.6 is 0 Å². The van der Waals surface area contributed by atoms with Crippen molar-refractivity contribution in [3.05, 3.63) is 0 Å². The van der Waals surface area contributed by atoms with E-state index in [4.69, 9.17) is 13.9 Å². The summed E-state index contributed by atoms with van der Waals surface area (Å²) >= 11 is 0. The molecule has 0 aliphatic heterocycles. The van der Waals surface area contributed by atoms with Crippen LogP contribution in [0.25, 0.3) is 0 Å². The predicted molar refractivity (Wildman–Crippen MR) is 79.9 cm³/mol. The minimum absolute atomic E-state index is 0.00570. The third kappa shape index (κ3) is 12.6. The summed E-state index contributed by atoms with van der Waals surface area (Å²) in [6.45, 7) is 0.979. The summed E-state index contributed by atoms with van der Waals surface area (Å²) < 4.78 is 15.5. The van der Waals surface area contributed by atoms with Crippen LogP contribution in [0.4, 0.5) is 0 Å². The van der Waals surface area contributed by atoms with E-state index in [1.807, 2.05) is 0 Å². The zero-order chi connectivity index (χ0) is 13.5. The fourth-order valence-electron chi connectivity index (χ4n) is 2.13. The van der Waals surface area contributed by atoms with Gasteiger partial charge in [-0.05, 0) is 19.3 Å². The van der Waals surface area contributed by atoms with E-state index < -0.39 is 0 Å². The van der Waals surface area contributed by atoms with Gasteiger partial charge < -0.3 is 13.9 Å². The minimum Gasteiger partial charge on any atom is -0.428 e. The van der Waals surface area contributed by atoms with Gasteiger partial charge in [-0.2, -0.15) is 0 Å². The first-order chi connectivity index (χ1) is 8.85. The first-order valence-corrected chi connectivity index (χ1v) is 8.21. The van der Waals surface area contributed by atoms with Crippen molar-refractivity contribution in [2.45, 2.75) is 70.5 Å². The number of methoxy groups -OCH3 is 2. The zero-order valence-corrected chi connectivity index (χ0v) is 14.6. The molecular formula is C14H32O3Si. The molecule has 4 heteroatoms. The average molecular weight is 276 g/mol. The van der Waals surface area contributed by atoms with E-state index >= 15 is 0 Å². The lowest BCUT2D eigenvalue weighted by Gasteiger charge is -2.12. The summed E-state index contributed by atoms with van der Waals surface area (Å²) in [5, 5.41) is 0. The summed E-state index contributed by atoms with van der Waals surface area (Å²) in [7, 11) is 4.31. The van der Waals surface area contributed by atoms with Crippen molar-refractivity contribution in [1.82, 2.24) is 0 Å². The molecule has 0 N–H and O–H groups in total. The second-order valence-corrected chi connectivity index (χ2v) is 5.44. The van der Waals surface area contributed by atoms with Crippen LogP contribution in [0.1, 0.15) is 64.2 Å². The Labute approximate surface area is 116 Å². The van der Waals surface area contributed by atoms with Gasteiger partial charge in [0.2, 0.25) is 0 Å². The maximum absolute atomic E-state index is 5.17. The van der Waals surface area contributed by atoms with Gasteiger partial charge >= 0.3 is 0 Å². The molecule has 0 aromatic heterocycles. The molecule has 18 heavy (non-hydrogen) atoms. The van der Waals surface area contributed by atoms with Crippen LogP contribution < -0.4 is 0 Å². The van der Waals surface area contributed by atoms with E-state index in [9.17, 15) is 0 Å². The first kappa shape index (κ1) is 18.1. The van der Waals surface area contributed by atoms with Gasteiger partial charge in [-0.1, -0.05) is 44.9 Å². The van der Waals surface area contributed by atoms with Gasteiger partial charge in [0.1, 0.15) is 10.5 Å². The molecule has 0 spiro atoms. The van der Waals surface area contributed by atoms with Gasteiger partial charge in [0.25, 0.3) is 0 Å². The van der Waals surface area contributed by atoms with Crippen molar-refractivity contribution >= 4 is 10.5 Å². The maximum atomic E-state index is 5.17. The van der Waals surface area contributed by atoms with E-state index in [0.29, 0.717) is 0 Å². The molecule has 0 saturated carbocycles. The number of unbranched alkanes of at least 4 members (excludes halogenated alkanes) is 8. The molecule has 0 aliphatic rings. The third-order valence-electron chi connectivity index (χ3n) is 3.31. The van der Waals surface area contributed by atoms with Gasteiger partial charge in [0, 0.05) is 20.8 Å². The van der Waals surface area contributed by atoms with Crippen molar-refractivity contribution in [1.29, 1.82) is 0 Å². The van der Waals surface area contributed by atoms with E-state index in [-0.39, 0.29) is 6.29 Å². The van der Waals surface area contributed by atoms with Gasteiger partial charge in [-0.15, -0.1) is 0 Å². The molecule has 0 fully saturated rings. The van der Waals surface area contributed by atoms with E-state index in [0.717, 1.165) is 23.5 Å². The number of hydrogen-bond donors (Lipinski definition) is 0. The molecule has 0 heterocycles. The van der Waals surface area contributed by atoms with Crippen LogP contribution in [0.2, 0.25) is 0 Å². The van der Waals surface area contributed by atoms with Crippen LogP contribution in [-0.2, 0) is 13.9 Å². The van der Waals surface area contributed by atoms with Crippen LogP contribution in [0.5, 0.6) is 0 Å². The van der Waals surface area contributed by atoms with Crippen molar-refractivity contribution in [2.75, 3.05) is 20.8 Å². The number of rotatable bonds is 14. The quantitative estimate of drug-likeness (QED) is 0.277. The van der Waals surface area contributed by atoms with Crippen molar-refractivity contribution in [3.8, 4) is 0 Å². The summed E-state index contributed by atoms with van der Waals surface area (Å²) in [6, 6.07) is 0. The molecule has 110 valence electrons. The summed E-state index contributed by atoms with van der Waals surface area (Å²) in [6.07, 6.45) is 13.0. The fourth-order valence-corrected chi connectivity index (χ4v) is 2.42. The Bertz CT molecular complexity index is 152. The second-order valence-electron chi connectivity index (χ2n) is 4.86. The van der Waals surface area contributed by atoms with Crippen LogP contribution in [0.15, 0.2) is 0 Å². The van der Waals surface area contributed by atoms with Crippen molar-refractivity contribution < 1.29 is 13.9 Å². The van der Waals surface area contributed by atoms with Crippen LogP contribution in [0.3, 0.4) is 0 Å². The maximum Gasteiger partial charge on any atom is 0.156 e. The largest absolute Gasteiger partial charge is 0.428 e. The average Bonchev–Trinajstić information content (AvgIpc) is 2.40.